The van der Waals surface area contributed by atoms with Crippen LogP contribution in [0.2, 0.25) is 0 Å². The van der Waals surface area contributed by atoms with Crippen LogP contribution in [0.5, 0.6) is 23.0 Å². The first-order valence-electron chi connectivity index (χ1n) is 11.1. The molecule has 1 aromatic heterocycles. The largest absolute Gasteiger partial charge is 0.496 e. The van der Waals surface area contributed by atoms with Gasteiger partial charge in [0.25, 0.3) is 0 Å². The number of Topliss-reactive ketones (excluding diaryl/α,β-unsaturated/α-hetero) is 1. The summed E-state index contributed by atoms with van der Waals surface area (Å²) in [6.45, 7) is 1.84. The molecule has 5 rings (SSSR count). The van der Waals surface area contributed by atoms with Crippen molar-refractivity contribution in [2.24, 2.45) is 0 Å². The number of benzene rings is 2. The Kier molecular flexibility index (Phi) is 5.27. The van der Waals surface area contributed by atoms with Gasteiger partial charge in [0.15, 0.2) is 17.3 Å². The maximum atomic E-state index is 13.4. The number of carbonyl (C=O) groups excluding carboxylic acids is 1. The van der Waals surface area contributed by atoms with Crippen molar-refractivity contribution in [2.75, 3.05) is 21.3 Å². The number of methoxy groups -OCH3 is 3. The molecule has 2 aliphatic rings. The molecule has 1 unspecified atom stereocenters. The zero-order chi connectivity index (χ0) is 23.3. The van der Waals surface area contributed by atoms with E-state index in [0.29, 0.717) is 51.7 Å². The van der Waals surface area contributed by atoms with Crippen molar-refractivity contribution in [2.45, 2.75) is 45.1 Å². The molecule has 1 aliphatic heterocycles. The van der Waals surface area contributed by atoms with Gasteiger partial charge in [0.1, 0.15) is 23.2 Å². The highest BCUT2D eigenvalue weighted by Gasteiger charge is 2.35. The fourth-order valence-corrected chi connectivity index (χ4v) is 5.09. The van der Waals surface area contributed by atoms with E-state index in [0.717, 1.165) is 35.8 Å². The van der Waals surface area contributed by atoms with E-state index >= 15 is 0 Å². The molecule has 0 bridgehead atoms. The molecule has 0 N–H and O–H groups in total. The SMILES string of the molecule is COc1cc(OC)c(C2CC(=O)c3c(C)cc4oc(=O)c5c(c4c3O2)CCCC5)cc1OC. The van der Waals surface area contributed by atoms with Gasteiger partial charge in [0.2, 0.25) is 0 Å². The topological polar surface area (TPSA) is 84.2 Å². The minimum atomic E-state index is -0.587. The molecule has 0 fully saturated rings. The lowest BCUT2D eigenvalue weighted by molar-refractivity contribution is 0.0848. The number of carbonyl (C=O) groups is 1. The summed E-state index contributed by atoms with van der Waals surface area (Å²) in [5.41, 5.74) is 3.79. The highest BCUT2D eigenvalue weighted by molar-refractivity contribution is 6.07. The zero-order valence-corrected chi connectivity index (χ0v) is 19.2. The van der Waals surface area contributed by atoms with Crippen LogP contribution in [0.15, 0.2) is 27.4 Å². The molecule has 0 saturated carbocycles. The lowest BCUT2D eigenvalue weighted by Crippen LogP contribution is -2.24. The molecular formula is C26H26O7. The van der Waals surface area contributed by atoms with Gasteiger partial charge < -0.3 is 23.4 Å². The maximum Gasteiger partial charge on any atom is 0.339 e. The van der Waals surface area contributed by atoms with Crippen LogP contribution in [0.25, 0.3) is 11.0 Å². The van der Waals surface area contributed by atoms with E-state index in [1.807, 2.05) is 6.92 Å². The molecule has 33 heavy (non-hydrogen) atoms. The molecule has 0 amide bonds. The van der Waals surface area contributed by atoms with Gasteiger partial charge in [0.05, 0.1) is 38.7 Å². The molecule has 3 aromatic rings. The van der Waals surface area contributed by atoms with Crippen LogP contribution >= 0.6 is 0 Å². The minimum absolute atomic E-state index is 0.0201. The van der Waals surface area contributed by atoms with E-state index in [4.69, 9.17) is 23.4 Å². The van der Waals surface area contributed by atoms with Crippen molar-refractivity contribution in [3.63, 3.8) is 0 Å². The second kappa shape index (κ2) is 8.14. The Bertz CT molecular complexity index is 1340. The number of ether oxygens (including phenoxy) is 4. The fraction of sp³-hybridized carbons (Fsp3) is 0.385. The molecule has 1 atom stereocenters. The molecule has 0 radical (unpaired) electrons. The lowest BCUT2D eigenvalue weighted by Gasteiger charge is -2.30. The average Bonchev–Trinajstić information content (AvgIpc) is 2.82. The van der Waals surface area contributed by atoms with Gasteiger partial charge in [-0.1, -0.05) is 0 Å². The first-order chi connectivity index (χ1) is 16.0. The van der Waals surface area contributed by atoms with E-state index in [1.165, 1.54) is 0 Å². The van der Waals surface area contributed by atoms with Crippen molar-refractivity contribution in [1.82, 2.24) is 0 Å². The molecule has 2 aromatic carbocycles. The van der Waals surface area contributed by atoms with Gasteiger partial charge in [-0.2, -0.15) is 0 Å². The van der Waals surface area contributed by atoms with E-state index in [9.17, 15) is 9.59 Å². The Morgan fingerprint density at radius 3 is 2.24 bits per heavy atom. The number of ketones is 1. The predicted octanol–water partition coefficient (Wildman–Crippen LogP) is 4.71. The molecule has 7 nitrogen and oxygen atoms in total. The van der Waals surface area contributed by atoms with E-state index in [2.05, 4.69) is 0 Å². The number of hydrogen-bond acceptors (Lipinski definition) is 7. The zero-order valence-electron chi connectivity index (χ0n) is 19.2. The van der Waals surface area contributed by atoms with E-state index < -0.39 is 6.10 Å². The Hall–Kier alpha value is -3.48. The van der Waals surface area contributed by atoms with Crippen LogP contribution in [0.1, 0.15) is 58.0 Å². The third-order valence-corrected chi connectivity index (χ3v) is 6.65. The predicted molar refractivity (Wildman–Crippen MR) is 122 cm³/mol. The summed E-state index contributed by atoms with van der Waals surface area (Å²) in [7, 11) is 4.68. The van der Waals surface area contributed by atoms with Gasteiger partial charge in [-0.05, 0) is 55.9 Å². The monoisotopic (exact) mass is 450 g/mol. The maximum absolute atomic E-state index is 13.4. The quantitative estimate of drug-likeness (QED) is 0.532. The third kappa shape index (κ3) is 3.34. The summed E-state index contributed by atoms with van der Waals surface area (Å²) in [5, 5.41) is 0.738. The number of aryl methyl sites for hydroxylation is 2. The van der Waals surface area contributed by atoms with Crippen molar-refractivity contribution in [3.05, 3.63) is 56.4 Å². The van der Waals surface area contributed by atoms with Crippen molar-refractivity contribution >= 4 is 16.8 Å². The highest BCUT2D eigenvalue weighted by Crippen LogP contribution is 2.47. The number of hydrogen-bond donors (Lipinski definition) is 0. The summed E-state index contributed by atoms with van der Waals surface area (Å²) >= 11 is 0. The molecule has 1 aliphatic carbocycles. The number of fused-ring (bicyclic) bond motifs is 5. The Labute approximate surface area is 191 Å². The van der Waals surface area contributed by atoms with Gasteiger partial charge in [-0.15, -0.1) is 0 Å². The molecule has 7 heteroatoms. The molecule has 0 saturated heterocycles. The van der Waals surface area contributed by atoms with Crippen molar-refractivity contribution in [1.29, 1.82) is 0 Å². The lowest BCUT2D eigenvalue weighted by atomic mass is 9.86. The summed E-state index contributed by atoms with van der Waals surface area (Å²) in [4.78, 5) is 26.0. The smallest absolute Gasteiger partial charge is 0.339 e. The summed E-state index contributed by atoms with van der Waals surface area (Å²) in [6.07, 6.45) is 2.93. The molecule has 172 valence electrons. The van der Waals surface area contributed by atoms with Gasteiger partial charge in [-0.25, -0.2) is 4.79 Å². The van der Waals surface area contributed by atoms with Gasteiger partial charge in [-0.3, -0.25) is 4.79 Å². The highest BCUT2D eigenvalue weighted by atomic mass is 16.5. The second-order valence-electron chi connectivity index (χ2n) is 8.51. The first kappa shape index (κ1) is 21.4. The molecule has 2 heterocycles. The van der Waals surface area contributed by atoms with Crippen molar-refractivity contribution in [3.8, 4) is 23.0 Å². The molecular weight excluding hydrogens is 424 g/mol. The Morgan fingerprint density at radius 1 is 0.879 bits per heavy atom. The Balaban J connectivity index is 1.73. The normalized spacial score (nSPS) is 17.2. The van der Waals surface area contributed by atoms with Crippen LogP contribution in [-0.4, -0.2) is 27.1 Å². The Morgan fingerprint density at radius 2 is 1.55 bits per heavy atom. The summed E-state index contributed by atoms with van der Waals surface area (Å²) in [6, 6.07) is 5.30. The number of rotatable bonds is 4. The van der Waals surface area contributed by atoms with E-state index in [-0.39, 0.29) is 17.8 Å². The van der Waals surface area contributed by atoms with Crippen LogP contribution in [0.4, 0.5) is 0 Å². The third-order valence-electron chi connectivity index (χ3n) is 6.65. The van der Waals surface area contributed by atoms with Gasteiger partial charge in [0, 0.05) is 17.2 Å². The molecule has 0 spiro atoms. The first-order valence-corrected chi connectivity index (χ1v) is 11.1. The summed E-state index contributed by atoms with van der Waals surface area (Å²) < 4.78 is 28.7. The van der Waals surface area contributed by atoms with Crippen LogP contribution in [-0.2, 0) is 12.8 Å². The average molecular weight is 450 g/mol. The van der Waals surface area contributed by atoms with Crippen LogP contribution < -0.4 is 24.6 Å². The minimum Gasteiger partial charge on any atom is -0.496 e. The standard InChI is InChI=1S/C26H26O7/c1-13-9-22-24(14-7-5-6-8-15(14)26(28)33-22)25-23(13)17(27)11-19(32-25)16-10-20(30-3)21(31-4)12-18(16)29-2/h9-10,12,19H,5-8,11H2,1-4H3. The summed E-state index contributed by atoms with van der Waals surface area (Å²) in [5.74, 6) is 2.06. The van der Waals surface area contributed by atoms with Gasteiger partial charge >= 0.3 is 5.63 Å². The fourth-order valence-electron chi connectivity index (χ4n) is 5.09. The van der Waals surface area contributed by atoms with Crippen LogP contribution in [0, 0.1) is 6.92 Å². The second-order valence-corrected chi connectivity index (χ2v) is 8.51. The van der Waals surface area contributed by atoms with E-state index in [1.54, 1.807) is 39.5 Å². The van der Waals surface area contributed by atoms with Crippen LogP contribution in [0.3, 0.4) is 0 Å². The van der Waals surface area contributed by atoms with Crippen molar-refractivity contribution < 1.29 is 28.2 Å².